The summed E-state index contributed by atoms with van der Waals surface area (Å²) in [5.74, 6) is -0.0342. The molecule has 1 amide bonds. The van der Waals surface area contributed by atoms with Crippen LogP contribution in [-0.2, 0) is 21.2 Å². The molecular weight excluding hydrogens is 362 g/mol. The summed E-state index contributed by atoms with van der Waals surface area (Å²) >= 11 is 0. The highest BCUT2D eigenvalue weighted by molar-refractivity contribution is 7.89. The third-order valence-electron chi connectivity index (χ3n) is 4.85. The van der Waals surface area contributed by atoms with Crippen LogP contribution in [-0.4, -0.2) is 36.7 Å². The Balaban J connectivity index is 1.53. The molecule has 144 valence electrons. The van der Waals surface area contributed by atoms with E-state index < -0.39 is 10.0 Å². The average molecular weight is 388 g/mol. The van der Waals surface area contributed by atoms with Gasteiger partial charge in [0.2, 0.25) is 15.9 Å². The third kappa shape index (κ3) is 4.93. The zero-order chi connectivity index (χ0) is 19.3. The lowest BCUT2D eigenvalue weighted by atomic mass is 10.1. The Morgan fingerprint density at radius 3 is 2.37 bits per heavy atom. The number of pyridine rings is 1. The molecule has 1 aromatic heterocycles. The first kappa shape index (κ1) is 19.5. The molecule has 6 nitrogen and oxygen atoms in total. The number of hydrogen-bond acceptors (Lipinski definition) is 4. The fourth-order valence-electron chi connectivity index (χ4n) is 3.21. The van der Waals surface area contributed by atoms with E-state index in [4.69, 9.17) is 0 Å². The van der Waals surface area contributed by atoms with Gasteiger partial charge in [0.15, 0.2) is 0 Å². The maximum atomic E-state index is 12.5. The molecule has 1 unspecified atom stereocenters. The minimum Gasteiger partial charge on any atom is -0.350 e. The predicted octanol–water partition coefficient (Wildman–Crippen LogP) is 2.68. The summed E-state index contributed by atoms with van der Waals surface area (Å²) in [5.41, 5.74) is 1.96. The zero-order valence-electron chi connectivity index (χ0n) is 15.5. The van der Waals surface area contributed by atoms with Gasteiger partial charge in [0.05, 0.1) is 10.9 Å². The van der Waals surface area contributed by atoms with E-state index in [1.165, 1.54) is 4.31 Å². The first-order valence-corrected chi connectivity index (χ1v) is 10.7. The molecule has 1 atom stereocenters. The molecule has 2 aromatic rings. The Morgan fingerprint density at radius 1 is 1.11 bits per heavy atom. The van der Waals surface area contributed by atoms with Gasteiger partial charge in [0.1, 0.15) is 0 Å². The number of benzene rings is 1. The molecule has 1 fully saturated rings. The number of nitrogens with zero attached hydrogens (tertiary/aromatic N) is 2. The summed E-state index contributed by atoms with van der Waals surface area (Å²) in [6.07, 6.45) is 6.17. The number of aromatic nitrogens is 1. The first-order chi connectivity index (χ1) is 13.0. The molecule has 0 spiro atoms. The predicted molar refractivity (Wildman–Crippen MR) is 104 cm³/mol. The number of carbonyl (C=O) groups is 1. The van der Waals surface area contributed by atoms with Crippen LogP contribution in [0.2, 0.25) is 0 Å². The van der Waals surface area contributed by atoms with Crippen molar-refractivity contribution in [1.82, 2.24) is 14.6 Å². The van der Waals surface area contributed by atoms with Crippen LogP contribution in [0.1, 0.15) is 43.4 Å². The molecule has 3 rings (SSSR count). The van der Waals surface area contributed by atoms with E-state index in [1.54, 1.807) is 36.7 Å². The fraction of sp³-hybridized carbons (Fsp3) is 0.400. The largest absolute Gasteiger partial charge is 0.350 e. The summed E-state index contributed by atoms with van der Waals surface area (Å²) in [6, 6.07) is 10.6. The van der Waals surface area contributed by atoms with Crippen molar-refractivity contribution < 1.29 is 13.2 Å². The summed E-state index contributed by atoms with van der Waals surface area (Å²) in [7, 11) is -3.38. The minimum absolute atomic E-state index is 0.0342. The molecule has 27 heavy (non-hydrogen) atoms. The van der Waals surface area contributed by atoms with E-state index in [0.717, 1.165) is 24.0 Å². The van der Waals surface area contributed by atoms with Gasteiger partial charge in [-0.25, -0.2) is 8.42 Å². The Bertz CT molecular complexity index is 861. The molecule has 0 saturated carbocycles. The summed E-state index contributed by atoms with van der Waals surface area (Å²) in [4.78, 5) is 16.5. The molecule has 1 N–H and O–H groups in total. The van der Waals surface area contributed by atoms with Gasteiger partial charge >= 0.3 is 0 Å². The van der Waals surface area contributed by atoms with Crippen LogP contribution in [0.15, 0.2) is 53.7 Å². The van der Waals surface area contributed by atoms with Crippen LogP contribution in [0.5, 0.6) is 0 Å². The molecule has 1 aliphatic rings. The maximum Gasteiger partial charge on any atom is 0.243 e. The lowest BCUT2D eigenvalue weighted by Crippen LogP contribution is -2.27. The van der Waals surface area contributed by atoms with Crippen molar-refractivity contribution >= 4 is 15.9 Å². The molecule has 1 aliphatic heterocycles. The van der Waals surface area contributed by atoms with E-state index in [1.807, 2.05) is 19.1 Å². The highest BCUT2D eigenvalue weighted by Crippen LogP contribution is 2.21. The molecule has 0 radical (unpaired) electrons. The van der Waals surface area contributed by atoms with Gasteiger partial charge in [-0.1, -0.05) is 12.1 Å². The van der Waals surface area contributed by atoms with Crippen LogP contribution < -0.4 is 5.32 Å². The van der Waals surface area contributed by atoms with Gasteiger partial charge in [-0.05, 0) is 61.6 Å². The van der Waals surface area contributed by atoms with Crippen molar-refractivity contribution in [3.8, 4) is 0 Å². The van der Waals surface area contributed by atoms with Crippen molar-refractivity contribution in [2.24, 2.45) is 0 Å². The molecule has 0 bridgehead atoms. The first-order valence-electron chi connectivity index (χ1n) is 9.25. The van der Waals surface area contributed by atoms with Gasteiger partial charge in [-0.3, -0.25) is 9.78 Å². The fourth-order valence-corrected chi connectivity index (χ4v) is 4.73. The van der Waals surface area contributed by atoms with Crippen LogP contribution in [0.25, 0.3) is 0 Å². The van der Waals surface area contributed by atoms with E-state index in [-0.39, 0.29) is 11.9 Å². The number of carbonyl (C=O) groups excluding carboxylic acids is 1. The number of amides is 1. The molecule has 2 heterocycles. The van der Waals surface area contributed by atoms with Crippen molar-refractivity contribution in [1.29, 1.82) is 0 Å². The lowest BCUT2D eigenvalue weighted by molar-refractivity contribution is -0.121. The average Bonchev–Trinajstić information content (AvgIpc) is 3.23. The quantitative estimate of drug-likeness (QED) is 0.792. The third-order valence-corrected chi connectivity index (χ3v) is 6.76. The minimum atomic E-state index is -3.38. The smallest absolute Gasteiger partial charge is 0.243 e. The number of aryl methyl sites for hydroxylation is 1. The molecular formula is C20H25N3O3S. The van der Waals surface area contributed by atoms with Crippen molar-refractivity contribution in [3.05, 3.63) is 59.9 Å². The number of rotatable bonds is 7. The standard InChI is InChI=1S/C20H25N3O3S/c1-16(18-10-12-21-13-11-18)22-20(24)9-6-17-4-7-19(8-5-17)27(25,26)23-14-2-3-15-23/h4-5,7-8,10-13,16H,2-3,6,9,14-15H2,1H3,(H,22,24). The Morgan fingerprint density at radius 2 is 1.74 bits per heavy atom. The SMILES string of the molecule is CC(NC(=O)CCc1ccc(S(=O)(=O)N2CCCC2)cc1)c1ccncc1. The lowest BCUT2D eigenvalue weighted by Gasteiger charge is -2.16. The maximum absolute atomic E-state index is 12.5. The Labute approximate surface area is 160 Å². The molecule has 7 heteroatoms. The topological polar surface area (TPSA) is 79.4 Å². The van der Waals surface area contributed by atoms with Crippen molar-refractivity contribution in [2.75, 3.05) is 13.1 Å². The number of sulfonamides is 1. The molecule has 1 saturated heterocycles. The van der Waals surface area contributed by atoms with E-state index >= 15 is 0 Å². The van der Waals surface area contributed by atoms with Gasteiger partial charge in [-0.2, -0.15) is 4.31 Å². The Hall–Kier alpha value is -2.25. The van der Waals surface area contributed by atoms with Gasteiger partial charge < -0.3 is 5.32 Å². The van der Waals surface area contributed by atoms with Crippen LogP contribution in [0.3, 0.4) is 0 Å². The van der Waals surface area contributed by atoms with E-state index in [2.05, 4.69) is 10.3 Å². The van der Waals surface area contributed by atoms with Crippen LogP contribution in [0, 0.1) is 0 Å². The second-order valence-corrected chi connectivity index (χ2v) is 8.76. The highest BCUT2D eigenvalue weighted by atomic mass is 32.2. The van der Waals surface area contributed by atoms with Crippen molar-refractivity contribution in [2.45, 2.75) is 43.5 Å². The second-order valence-electron chi connectivity index (χ2n) is 6.82. The number of hydrogen-bond donors (Lipinski definition) is 1. The van der Waals surface area contributed by atoms with Crippen molar-refractivity contribution in [3.63, 3.8) is 0 Å². The summed E-state index contributed by atoms with van der Waals surface area (Å²) < 4.78 is 26.6. The summed E-state index contributed by atoms with van der Waals surface area (Å²) in [6.45, 7) is 3.13. The summed E-state index contributed by atoms with van der Waals surface area (Å²) in [5, 5.41) is 2.97. The van der Waals surface area contributed by atoms with Crippen LogP contribution in [0.4, 0.5) is 0 Å². The van der Waals surface area contributed by atoms with Crippen LogP contribution >= 0.6 is 0 Å². The van der Waals surface area contributed by atoms with E-state index in [0.29, 0.717) is 30.8 Å². The normalized spacial score (nSPS) is 16.2. The molecule has 0 aliphatic carbocycles. The number of nitrogens with one attached hydrogen (secondary N) is 1. The highest BCUT2D eigenvalue weighted by Gasteiger charge is 2.26. The van der Waals surface area contributed by atoms with E-state index in [9.17, 15) is 13.2 Å². The molecule has 1 aromatic carbocycles. The van der Waals surface area contributed by atoms with Gasteiger partial charge in [0.25, 0.3) is 0 Å². The Kier molecular flexibility index (Phi) is 6.23. The van der Waals surface area contributed by atoms with Gasteiger partial charge in [-0.15, -0.1) is 0 Å². The van der Waals surface area contributed by atoms with Gasteiger partial charge in [0, 0.05) is 31.9 Å². The monoisotopic (exact) mass is 387 g/mol. The second kappa shape index (κ2) is 8.63. The zero-order valence-corrected chi connectivity index (χ0v) is 16.3.